The number of carbonyl (C=O) groups excluding carboxylic acids is 3. The van der Waals surface area contributed by atoms with Crippen LogP contribution in [0.2, 0.25) is 0 Å². The van der Waals surface area contributed by atoms with E-state index in [9.17, 15) is 19.5 Å². The Bertz CT molecular complexity index is 1730. The van der Waals surface area contributed by atoms with Crippen LogP contribution in [0.3, 0.4) is 0 Å². The molecule has 0 aliphatic heterocycles. The lowest BCUT2D eigenvalue weighted by Crippen LogP contribution is -2.44. The Morgan fingerprint density at radius 1 is 0.373 bits per heavy atom. The molecule has 9 nitrogen and oxygen atoms in total. The van der Waals surface area contributed by atoms with Gasteiger partial charge in [0.15, 0.2) is 12.4 Å². The molecule has 0 N–H and O–H groups in total. The summed E-state index contributed by atoms with van der Waals surface area (Å²) in [5.74, 6) is -2.36. The number of hydrogen-bond acceptors (Lipinski definition) is 8. The minimum absolute atomic E-state index is 0.132. The largest absolute Gasteiger partial charge is 0.545 e. The van der Waals surface area contributed by atoms with E-state index in [0.29, 0.717) is 23.9 Å². The van der Waals surface area contributed by atoms with E-state index in [0.717, 1.165) is 70.6 Å². The van der Waals surface area contributed by atoms with Crippen LogP contribution in [-0.4, -0.2) is 82.3 Å². The lowest BCUT2D eigenvalue weighted by Gasteiger charge is -2.26. The van der Waals surface area contributed by atoms with Gasteiger partial charge in [0, 0.05) is 12.8 Å². The average Bonchev–Trinajstić information content (AvgIpc) is 3.46. The number of aliphatic carboxylic acids is 1. The first-order chi connectivity index (χ1) is 40.6. The number of carboxylic acid groups (broad SMARTS) is 1. The first-order valence-electron chi connectivity index (χ1n) is 34.0. The molecule has 83 heavy (non-hydrogen) atoms. The summed E-state index contributed by atoms with van der Waals surface area (Å²) in [6, 6.07) is 0. The highest BCUT2D eigenvalue weighted by atomic mass is 16.7. The van der Waals surface area contributed by atoms with Gasteiger partial charge < -0.3 is 33.3 Å². The van der Waals surface area contributed by atoms with Crippen LogP contribution in [0.1, 0.15) is 284 Å². The third-order valence-corrected chi connectivity index (χ3v) is 14.5. The molecule has 0 aromatic carbocycles. The average molecular weight is 1160 g/mol. The molecule has 0 rings (SSSR count). The fourth-order valence-electron chi connectivity index (χ4n) is 9.32. The summed E-state index contributed by atoms with van der Waals surface area (Å²) in [6.45, 7) is 4.57. The fraction of sp³-hybridized carbons (Fsp3) is 0.716. The summed E-state index contributed by atoms with van der Waals surface area (Å²) in [5.41, 5.74) is 0. The Hall–Kier alpha value is -4.05. The maximum Gasteiger partial charge on any atom is 0.306 e. The van der Waals surface area contributed by atoms with Crippen molar-refractivity contribution in [3.8, 4) is 0 Å². The number of carbonyl (C=O) groups is 3. The van der Waals surface area contributed by atoms with Gasteiger partial charge in [-0.05, 0) is 96.3 Å². The summed E-state index contributed by atoms with van der Waals surface area (Å²) in [7, 11) is 5.90. The molecule has 0 fully saturated rings. The number of ether oxygens (including phenoxy) is 4. The van der Waals surface area contributed by atoms with E-state index in [1.165, 1.54) is 173 Å². The molecule has 2 atom stereocenters. The molecule has 0 saturated heterocycles. The van der Waals surface area contributed by atoms with Crippen molar-refractivity contribution in [1.29, 1.82) is 0 Å². The van der Waals surface area contributed by atoms with Gasteiger partial charge in [0.2, 0.25) is 0 Å². The van der Waals surface area contributed by atoms with Gasteiger partial charge in [0.25, 0.3) is 0 Å². The van der Waals surface area contributed by atoms with Crippen molar-refractivity contribution >= 4 is 17.9 Å². The molecule has 0 aliphatic carbocycles. The van der Waals surface area contributed by atoms with Crippen molar-refractivity contribution < 1.29 is 42.9 Å². The van der Waals surface area contributed by atoms with Gasteiger partial charge in [-0.15, -0.1) is 0 Å². The molecule has 9 heteroatoms. The van der Waals surface area contributed by atoms with Crippen molar-refractivity contribution in [1.82, 2.24) is 0 Å². The van der Waals surface area contributed by atoms with E-state index >= 15 is 0 Å². The molecule has 0 aromatic heterocycles. The van der Waals surface area contributed by atoms with E-state index in [1.54, 1.807) is 0 Å². The lowest BCUT2D eigenvalue weighted by atomic mass is 10.0. The van der Waals surface area contributed by atoms with Crippen molar-refractivity contribution in [2.24, 2.45) is 0 Å². The van der Waals surface area contributed by atoms with Gasteiger partial charge in [-0.2, -0.15) is 0 Å². The number of carboxylic acids is 1. The number of esters is 2. The van der Waals surface area contributed by atoms with Crippen LogP contribution in [0.25, 0.3) is 0 Å². The zero-order chi connectivity index (χ0) is 60.5. The number of rotatable bonds is 62. The molecule has 2 unspecified atom stereocenters. The van der Waals surface area contributed by atoms with Crippen molar-refractivity contribution in [2.45, 2.75) is 296 Å². The van der Waals surface area contributed by atoms with Crippen LogP contribution >= 0.6 is 0 Å². The Morgan fingerprint density at radius 3 is 1.06 bits per heavy atom. The predicted molar refractivity (Wildman–Crippen MR) is 352 cm³/mol. The first kappa shape index (κ1) is 79.0. The van der Waals surface area contributed by atoms with Gasteiger partial charge in [0.05, 0.1) is 40.3 Å². The van der Waals surface area contributed by atoms with E-state index in [1.807, 2.05) is 21.1 Å². The highest BCUT2D eigenvalue weighted by Crippen LogP contribution is 2.17. The predicted octanol–water partition coefficient (Wildman–Crippen LogP) is 19.7. The minimum Gasteiger partial charge on any atom is -0.545 e. The minimum atomic E-state index is -1.64. The summed E-state index contributed by atoms with van der Waals surface area (Å²) in [6.07, 6.45) is 86.2. The van der Waals surface area contributed by atoms with E-state index in [-0.39, 0.29) is 38.6 Å². The van der Waals surface area contributed by atoms with Gasteiger partial charge in [-0.1, -0.05) is 284 Å². The van der Waals surface area contributed by atoms with Crippen LogP contribution in [0.4, 0.5) is 0 Å². The second-order valence-electron chi connectivity index (χ2n) is 23.7. The van der Waals surface area contributed by atoms with Crippen molar-refractivity contribution in [3.63, 3.8) is 0 Å². The highest BCUT2D eigenvalue weighted by molar-refractivity contribution is 5.70. The number of hydrogen-bond donors (Lipinski definition) is 0. The van der Waals surface area contributed by atoms with Gasteiger partial charge in [-0.25, -0.2) is 0 Å². The maximum atomic E-state index is 12.9. The van der Waals surface area contributed by atoms with Crippen molar-refractivity contribution in [3.05, 3.63) is 109 Å². The quantitative estimate of drug-likeness (QED) is 0.0195. The number of likely N-dealkylation sites (N-methyl/N-ethyl adjacent to an activating group) is 1. The topological polar surface area (TPSA) is 111 Å². The zero-order valence-corrected chi connectivity index (χ0v) is 54.3. The number of quaternary nitrogens is 1. The molecule has 476 valence electrons. The molecule has 0 amide bonds. The number of allylic oxidation sites excluding steroid dienone is 18. The molecular weight excluding hydrogens is 1030 g/mol. The number of unbranched alkanes of at least 4 members (excludes halogenated alkanes) is 29. The molecule has 0 aliphatic rings. The van der Waals surface area contributed by atoms with E-state index < -0.39 is 24.3 Å². The fourth-order valence-corrected chi connectivity index (χ4v) is 9.32. The third-order valence-electron chi connectivity index (χ3n) is 14.5. The lowest BCUT2D eigenvalue weighted by molar-refractivity contribution is -0.870. The maximum absolute atomic E-state index is 12.9. The van der Waals surface area contributed by atoms with Crippen LogP contribution in [-0.2, 0) is 33.3 Å². The van der Waals surface area contributed by atoms with Gasteiger partial charge in [-0.3, -0.25) is 9.59 Å². The standard InChI is InChI=1S/C74H127NO8/c1-6-8-10-12-14-16-18-20-22-24-26-28-30-31-32-33-34-35-36-37-38-39-40-41-43-44-46-48-50-52-54-56-58-60-62-64-71(76)81-68-70(69-82-74(73(78)79)80-67-66-75(3,4)5)83-72(77)65-63-61-59-57-55-53-51-49-47-45-42-29-27-25-23-21-19-17-15-13-11-9-7-2/h9,11,15,17-18,20-21,23-24,26-27,29,45,47,51,53,57,59,70,74H,6-8,10,12-14,16,19,22,25,28,30-44,46,48-50,52,54-56,58,60-69H2,1-5H3/b11-9-,17-15-,20-18-,23-21-,26-24-,29-27-,47-45-,53-51-,59-57-. The van der Waals surface area contributed by atoms with Crippen molar-refractivity contribution in [2.75, 3.05) is 47.5 Å². The van der Waals surface area contributed by atoms with Crippen LogP contribution in [0.15, 0.2) is 109 Å². The van der Waals surface area contributed by atoms with E-state index in [2.05, 4.69) is 123 Å². The Morgan fingerprint density at radius 2 is 0.699 bits per heavy atom. The molecular formula is C74H127NO8. The smallest absolute Gasteiger partial charge is 0.306 e. The van der Waals surface area contributed by atoms with Gasteiger partial charge in [0.1, 0.15) is 13.2 Å². The summed E-state index contributed by atoms with van der Waals surface area (Å²) in [5, 5.41) is 11.8. The van der Waals surface area contributed by atoms with Crippen LogP contribution < -0.4 is 5.11 Å². The number of nitrogens with zero attached hydrogens (tertiary/aromatic N) is 1. The molecule has 0 aromatic rings. The Balaban J connectivity index is 4.14. The van der Waals surface area contributed by atoms with Crippen LogP contribution in [0.5, 0.6) is 0 Å². The molecule has 0 saturated carbocycles. The van der Waals surface area contributed by atoms with Crippen LogP contribution in [0, 0.1) is 0 Å². The third kappa shape index (κ3) is 65.3. The SMILES string of the molecule is CC/C=C\C/C=C\C/C=C\C/C=C\C/C=C\C/C=C\C/C=C\CCCC(=O)OC(COC(=O)CCCCCCCCCCCCCCCCCCCCCCCCC/C=C\C/C=C\CCCCCCC)COC(OCC[N+](C)(C)C)C(=O)[O-]. The molecule has 0 heterocycles. The normalized spacial score (nSPS) is 13.4. The van der Waals surface area contributed by atoms with E-state index in [4.69, 9.17) is 18.9 Å². The zero-order valence-electron chi connectivity index (χ0n) is 54.3. The Labute approximate surface area is 511 Å². The second kappa shape index (κ2) is 64.0. The summed E-state index contributed by atoms with van der Waals surface area (Å²) < 4.78 is 22.7. The molecule has 0 bridgehead atoms. The monoisotopic (exact) mass is 1160 g/mol. The summed E-state index contributed by atoms with van der Waals surface area (Å²) in [4.78, 5) is 37.4. The van der Waals surface area contributed by atoms with Gasteiger partial charge >= 0.3 is 11.9 Å². The summed E-state index contributed by atoms with van der Waals surface area (Å²) >= 11 is 0. The molecule has 0 radical (unpaired) electrons. The Kier molecular flexibility index (Phi) is 60.8. The highest BCUT2D eigenvalue weighted by Gasteiger charge is 2.22. The first-order valence-corrected chi connectivity index (χ1v) is 34.0. The molecule has 0 spiro atoms. The second-order valence-corrected chi connectivity index (χ2v) is 23.7.